The summed E-state index contributed by atoms with van der Waals surface area (Å²) in [4.78, 5) is 50.1. The van der Waals surface area contributed by atoms with Gasteiger partial charge in [-0.25, -0.2) is 0 Å². The number of aliphatic hydroxyl groups excluding tert-OH is 20. The Hall–Kier alpha value is -3.52. The van der Waals surface area contributed by atoms with Crippen molar-refractivity contribution >= 4 is 23.6 Å². The summed E-state index contributed by atoms with van der Waals surface area (Å²) in [7, 11) is 0.952. The molecule has 20 unspecified atom stereocenters. The van der Waals surface area contributed by atoms with E-state index in [4.69, 9.17) is 71.1 Å². The molecule has 101 heavy (non-hydrogen) atoms. The van der Waals surface area contributed by atoms with Crippen LogP contribution in [0.25, 0.3) is 0 Å². The summed E-state index contributed by atoms with van der Waals surface area (Å²) in [6, 6.07) is -5.88. The van der Waals surface area contributed by atoms with Gasteiger partial charge in [0.15, 0.2) is 44.0 Å². The molecule has 6 rings (SSSR count). The number of methoxy groups -OCH3 is 1. The number of hydrogen-bond acceptors (Lipinski definition) is 39. The molecule has 0 spiro atoms. The van der Waals surface area contributed by atoms with E-state index >= 15 is 0 Å². The average molecular weight is 1480 g/mol. The van der Waals surface area contributed by atoms with E-state index in [1.54, 1.807) is 0 Å². The molecule has 24 N–H and O–H groups in total. The molecule has 0 aromatic rings. The topological polar surface area (TPSA) is 659 Å². The fraction of sp³-hybridized carbons (Fsp3) is 0.931. The third-order valence-corrected chi connectivity index (χ3v) is 17.7. The second-order valence-electron chi connectivity index (χ2n) is 25.1. The molecule has 6 aliphatic rings. The second kappa shape index (κ2) is 40.4. The predicted octanol–water partition coefficient (Wildman–Crippen LogP) is -14.9. The van der Waals surface area contributed by atoms with Crippen molar-refractivity contribution < 1.29 is 192 Å². The fourth-order valence-electron chi connectivity index (χ4n) is 12.4. The maximum atomic E-state index is 12.8. The number of carbonyl (C=O) groups is 4. The van der Waals surface area contributed by atoms with E-state index in [-0.39, 0.29) is 6.42 Å². The molecule has 0 aromatic carbocycles. The van der Waals surface area contributed by atoms with Gasteiger partial charge < -0.3 is 194 Å². The minimum absolute atomic E-state index is 0.388. The predicted molar refractivity (Wildman–Crippen MR) is 322 cm³/mol. The van der Waals surface area contributed by atoms with E-state index in [9.17, 15) is 121 Å². The van der Waals surface area contributed by atoms with Crippen LogP contribution in [0.2, 0.25) is 0 Å². The Balaban J connectivity index is 1.34. The number of nitrogens with one attached hydrogen (secondary N) is 4. The zero-order chi connectivity index (χ0) is 75.0. The van der Waals surface area contributed by atoms with E-state index in [0.717, 1.165) is 27.9 Å². The smallest absolute Gasteiger partial charge is 0.217 e. The van der Waals surface area contributed by atoms with E-state index in [0.29, 0.717) is 0 Å². The molecule has 0 bridgehead atoms. The summed E-state index contributed by atoms with van der Waals surface area (Å²) >= 11 is 0. The minimum atomic E-state index is -2.25. The summed E-state index contributed by atoms with van der Waals surface area (Å²) in [6.45, 7) is -3.84. The molecule has 0 aliphatic carbocycles. The number of carbonyl (C=O) groups excluding carboxylic acids is 4. The Labute approximate surface area is 577 Å². The maximum absolute atomic E-state index is 12.8. The van der Waals surface area contributed by atoms with Crippen LogP contribution >= 0.6 is 0 Å². The highest BCUT2D eigenvalue weighted by atomic mass is 16.8. The normalized spacial score (nSPS) is 40.7. The number of aliphatic hydroxyl groups is 20. The highest BCUT2D eigenvalue weighted by Gasteiger charge is 2.56. The van der Waals surface area contributed by atoms with Crippen molar-refractivity contribution in [1.29, 1.82) is 0 Å². The summed E-state index contributed by atoms with van der Waals surface area (Å²) in [5.74, 6) is -2.93. The van der Waals surface area contributed by atoms with Crippen LogP contribution < -0.4 is 21.3 Å². The van der Waals surface area contributed by atoms with Crippen molar-refractivity contribution in [2.45, 2.75) is 268 Å². The molecule has 43 nitrogen and oxygen atoms in total. The second-order valence-corrected chi connectivity index (χ2v) is 25.1. The molecular formula is C58H102N4O39. The molecule has 43 heteroatoms. The zero-order valence-electron chi connectivity index (χ0n) is 56.0. The van der Waals surface area contributed by atoms with Gasteiger partial charge in [0.25, 0.3) is 0 Å². The molecular weight excluding hydrogens is 1380 g/mol. The van der Waals surface area contributed by atoms with Crippen molar-refractivity contribution in [3.8, 4) is 0 Å². The Morgan fingerprint density at radius 3 is 1.47 bits per heavy atom. The number of hydrogen-bond donors (Lipinski definition) is 24. The molecule has 6 heterocycles. The third kappa shape index (κ3) is 22.1. The van der Waals surface area contributed by atoms with Gasteiger partial charge in [-0.2, -0.15) is 0 Å². The minimum Gasteiger partial charge on any atom is -0.396 e. The van der Waals surface area contributed by atoms with Gasteiger partial charge in [0.05, 0.1) is 89.9 Å². The largest absolute Gasteiger partial charge is 0.396 e. The van der Waals surface area contributed by atoms with Crippen molar-refractivity contribution in [2.24, 2.45) is 0 Å². The molecule has 0 aromatic heterocycles. The van der Waals surface area contributed by atoms with Crippen molar-refractivity contribution in [3.05, 3.63) is 0 Å². The Morgan fingerprint density at radius 2 is 0.931 bits per heavy atom. The van der Waals surface area contributed by atoms with E-state index < -0.39 is 317 Å². The first kappa shape index (κ1) is 86.4. The molecule has 6 aliphatic heterocycles. The lowest BCUT2D eigenvalue weighted by molar-refractivity contribution is -0.362. The van der Waals surface area contributed by atoms with Gasteiger partial charge in [0, 0.05) is 47.8 Å². The first-order valence-corrected chi connectivity index (χ1v) is 32.6. The fourth-order valence-corrected chi connectivity index (χ4v) is 12.4. The summed E-state index contributed by atoms with van der Waals surface area (Å²) in [5.41, 5.74) is 0. The van der Waals surface area contributed by atoms with Gasteiger partial charge in [-0.05, 0) is 13.3 Å². The van der Waals surface area contributed by atoms with Gasteiger partial charge in [0.2, 0.25) is 23.6 Å². The summed E-state index contributed by atoms with van der Waals surface area (Å²) in [5, 5.41) is 227. The van der Waals surface area contributed by atoms with Crippen LogP contribution in [0.4, 0.5) is 0 Å². The SMILES string of the molecule is CO[C@H](OC[C@H](O)C(CO[C@H]1OC(CO)[C@@H](O)C(O)C1O[C@@H]1OC(CO)[C@@H](O)C(O)C1NC(C)=O)O[C@H](CO)O[C@H]1CC(NC(C)=O)[C@H](O[C@@H]2C(CO)O[C@@H](C)C(NC(C)=O)C2O)OC1CO)C(O[C@@H]1OC(CO)[C@@H](O[C@@H]2OC(CO)[C@H](O)C(O)C2O)C(O)C1NC(C)=O)C(O)[C@H](O)CCO. The lowest BCUT2D eigenvalue weighted by Gasteiger charge is -2.48. The monoisotopic (exact) mass is 1480 g/mol. The maximum Gasteiger partial charge on any atom is 0.217 e. The van der Waals surface area contributed by atoms with Crippen LogP contribution in [0.1, 0.15) is 47.5 Å². The summed E-state index contributed by atoms with van der Waals surface area (Å²) < 4.78 is 89.0. The first-order valence-electron chi connectivity index (χ1n) is 32.6. The molecule has 36 atom stereocenters. The van der Waals surface area contributed by atoms with Gasteiger partial charge in [0.1, 0.15) is 146 Å². The van der Waals surface area contributed by atoms with E-state index in [2.05, 4.69) is 21.3 Å². The van der Waals surface area contributed by atoms with Crippen molar-refractivity contribution in [2.75, 3.05) is 73.2 Å². The standard InChI is InChI=1S/C58H102N4O39/c1-19-36(60-21(3)72)44(82)49(32(14-68)90-19)98-53-24(59-20(2)71)9-27(28(10-64)93-53)91-35(16-70)92-34(18-89-58-52(47(85)42(80)31(13-67)96-58)101-54-37(61-22(4)73)43(81)40(78)29(11-65)94-54)26(76)17-88-57(87-6)51(39(77)25(75)7-8-63)100-55-38(62-23(5)74)45(83)50(33(15-69)97-55)99-56-48(86)46(84)41(79)30(12-66)95-56/h19,24-58,63-70,75-86H,7-18H2,1-6H3,(H,59,71)(H,60,72)(H,61,73)(H,62,74)/t19-,24?,25+,26-,27-,28?,29?,30?,31?,32?,33?,34?,35+,36?,37?,38?,39?,40+,41-,42+,43?,44?,45?,46?,47?,48?,49+,50+,51?,52?,53-,54-,55-,56-,57+,58-/m0/s1. The van der Waals surface area contributed by atoms with Crippen molar-refractivity contribution in [1.82, 2.24) is 21.3 Å². The molecule has 6 saturated heterocycles. The highest BCUT2D eigenvalue weighted by Crippen LogP contribution is 2.36. The zero-order valence-corrected chi connectivity index (χ0v) is 56.0. The van der Waals surface area contributed by atoms with Crippen LogP contribution in [0.15, 0.2) is 0 Å². The Morgan fingerprint density at radius 1 is 0.465 bits per heavy atom. The van der Waals surface area contributed by atoms with Gasteiger partial charge in [-0.15, -0.1) is 0 Å². The van der Waals surface area contributed by atoms with Crippen LogP contribution in [0, 0.1) is 0 Å². The molecule has 6 fully saturated rings. The average Bonchev–Trinajstić information content (AvgIpc) is 0.802. The quantitative estimate of drug-likeness (QED) is 0.0259. The number of rotatable bonds is 36. The van der Waals surface area contributed by atoms with Gasteiger partial charge in [-0.1, -0.05) is 0 Å². The van der Waals surface area contributed by atoms with Crippen LogP contribution in [0.5, 0.6) is 0 Å². The third-order valence-electron chi connectivity index (χ3n) is 17.7. The molecule has 588 valence electrons. The van der Waals surface area contributed by atoms with Gasteiger partial charge >= 0.3 is 0 Å². The van der Waals surface area contributed by atoms with Crippen LogP contribution in [0.3, 0.4) is 0 Å². The van der Waals surface area contributed by atoms with E-state index in [1.165, 1.54) is 13.8 Å². The molecule has 0 radical (unpaired) electrons. The summed E-state index contributed by atoms with van der Waals surface area (Å²) in [6.07, 6.45) is -59.6. The number of amides is 4. The first-order chi connectivity index (χ1) is 47.8. The lowest BCUT2D eigenvalue weighted by Crippen LogP contribution is -2.68. The number of ether oxygens (including phenoxy) is 15. The van der Waals surface area contributed by atoms with E-state index in [1.807, 2.05) is 0 Å². The van der Waals surface area contributed by atoms with Crippen LogP contribution in [-0.2, 0) is 90.2 Å². The van der Waals surface area contributed by atoms with Crippen molar-refractivity contribution in [3.63, 3.8) is 0 Å². The Kier molecular flexibility index (Phi) is 34.6. The van der Waals surface area contributed by atoms with Gasteiger partial charge in [-0.3, -0.25) is 19.2 Å². The lowest BCUT2D eigenvalue weighted by atomic mass is 9.92. The molecule has 4 amide bonds. The molecule has 0 saturated carbocycles. The Bertz CT molecular complexity index is 2500. The van der Waals surface area contributed by atoms with Crippen LogP contribution in [-0.4, -0.2) is 420 Å². The highest BCUT2D eigenvalue weighted by molar-refractivity contribution is 5.74.